The van der Waals surface area contributed by atoms with E-state index in [-0.39, 0.29) is 0 Å². The number of methoxy groups -OCH3 is 1. The minimum atomic E-state index is 0.511. The van der Waals surface area contributed by atoms with Crippen LogP contribution in [0.3, 0.4) is 0 Å². The number of nitrogens with one attached hydrogen (secondary N) is 1. The molecule has 3 aromatic heterocycles. The molecule has 0 bridgehead atoms. The monoisotopic (exact) mass is 292 g/mol. The van der Waals surface area contributed by atoms with Crippen molar-refractivity contribution >= 4 is 34.7 Å². The third kappa shape index (κ3) is 2.04. The molecule has 0 atom stereocenters. The van der Waals surface area contributed by atoms with Gasteiger partial charge < -0.3 is 9.72 Å². The van der Waals surface area contributed by atoms with E-state index in [4.69, 9.17) is 17.0 Å². The van der Waals surface area contributed by atoms with Gasteiger partial charge >= 0.3 is 0 Å². The first-order valence-corrected chi connectivity index (χ1v) is 7.05. The molecule has 7 heteroatoms. The van der Waals surface area contributed by atoms with Crippen molar-refractivity contribution in [2.75, 3.05) is 7.11 Å². The Morgan fingerprint density at radius 1 is 1.42 bits per heavy atom. The molecule has 0 spiro atoms. The Hall–Kier alpha value is -1.73. The molecule has 0 radical (unpaired) electrons. The number of aromatic nitrogens is 4. The zero-order valence-electron chi connectivity index (χ0n) is 10.5. The molecular formula is C12H12N4OS2. The molecule has 0 aromatic carbocycles. The molecule has 3 aromatic rings. The Labute approximate surface area is 118 Å². The third-order valence-corrected chi connectivity index (χ3v) is 4.24. The molecule has 0 aliphatic heterocycles. The highest BCUT2D eigenvalue weighted by molar-refractivity contribution is 7.71. The second-order valence-corrected chi connectivity index (χ2v) is 5.31. The summed E-state index contributed by atoms with van der Waals surface area (Å²) in [5.41, 5.74) is 4.02. The van der Waals surface area contributed by atoms with Crippen LogP contribution in [0.4, 0.5) is 0 Å². The number of aromatic amines is 1. The van der Waals surface area contributed by atoms with Crippen molar-refractivity contribution in [3.63, 3.8) is 0 Å². The van der Waals surface area contributed by atoms with Crippen molar-refractivity contribution in [2.45, 2.75) is 13.5 Å². The number of fused-ring (bicyclic) bond motifs is 1. The molecule has 3 heterocycles. The number of hydrogen-bond acceptors (Lipinski definition) is 5. The van der Waals surface area contributed by atoms with Gasteiger partial charge in [0, 0.05) is 0 Å². The van der Waals surface area contributed by atoms with Crippen molar-refractivity contribution in [3.05, 3.63) is 33.0 Å². The highest BCUT2D eigenvalue weighted by Gasteiger charge is 2.12. The Kier molecular flexibility index (Phi) is 3.08. The van der Waals surface area contributed by atoms with Crippen molar-refractivity contribution in [1.29, 1.82) is 0 Å². The van der Waals surface area contributed by atoms with Crippen LogP contribution in [-0.2, 0) is 6.54 Å². The van der Waals surface area contributed by atoms with Gasteiger partial charge in [0.1, 0.15) is 11.8 Å². The lowest BCUT2D eigenvalue weighted by atomic mass is 10.2. The van der Waals surface area contributed by atoms with Crippen LogP contribution in [0.1, 0.15) is 11.1 Å². The molecule has 0 saturated carbocycles. The predicted octanol–water partition coefficient (Wildman–Crippen LogP) is 2.92. The topological polar surface area (TPSA) is 55.7 Å². The molecule has 3 rings (SSSR count). The Bertz CT molecular complexity index is 786. The molecule has 0 aliphatic rings. The first-order valence-electron chi connectivity index (χ1n) is 5.70. The second-order valence-electron chi connectivity index (χ2n) is 4.18. The Morgan fingerprint density at radius 3 is 2.95 bits per heavy atom. The summed E-state index contributed by atoms with van der Waals surface area (Å²) in [5, 5.41) is 4.26. The van der Waals surface area contributed by atoms with Crippen molar-refractivity contribution in [3.8, 4) is 5.88 Å². The summed E-state index contributed by atoms with van der Waals surface area (Å²) in [7, 11) is 1.58. The predicted molar refractivity (Wildman–Crippen MR) is 77.4 cm³/mol. The minimum absolute atomic E-state index is 0.511. The maximum absolute atomic E-state index is 5.36. The SMILES string of the molecule is COc1ncnc2c1[nH]c(=S)n2Cc1cscc1C. The van der Waals surface area contributed by atoms with E-state index in [1.807, 2.05) is 4.57 Å². The summed E-state index contributed by atoms with van der Waals surface area (Å²) in [6.07, 6.45) is 1.49. The van der Waals surface area contributed by atoms with Crippen LogP contribution >= 0.6 is 23.6 Å². The van der Waals surface area contributed by atoms with E-state index in [0.29, 0.717) is 17.2 Å². The standard InChI is InChI=1S/C12H12N4OS2/c1-7-4-19-5-8(7)3-16-10-9(15-12(16)18)11(17-2)14-6-13-10/h4-6H,3H2,1-2H3,(H,15,18). The van der Waals surface area contributed by atoms with Gasteiger partial charge in [-0.15, -0.1) is 0 Å². The summed E-state index contributed by atoms with van der Waals surface area (Å²) < 4.78 is 7.80. The largest absolute Gasteiger partial charge is 0.479 e. The molecular weight excluding hydrogens is 280 g/mol. The lowest BCUT2D eigenvalue weighted by molar-refractivity contribution is 0.401. The number of aryl methyl sites for hydroxylation is 1. The van der Waals surface area contributed by atoms with Crippen LogP contribution in [0, 0.1) is 11.7 Å². The smallest absolute Gasteiger partial charge is 0.242 e. The van der Waals surface area contributed by atoms with E-state index >= 15 is 0 Å². The summed E-state index contributed by atoms with van der Waals surface area (Å²) in [4.78, 5) is 11.5. The number of ether oxygens (including phenoxy) is 1. The lowest BCUT2D eigenvalue weighted by Gasteiger charge is -2.04. The van der Waals surface area contributed by atoms with E-state index in [2.05, 4.69) is 32.6 Å². The van der Waals surface area contributed by atoms with Crippen molar-refractivity contribution in [2.24, 2.45) is 0 Å². The lowest BCUT2D eigenvalue weighted by Crippen LogP contribution is -2.01. The molecule has 0 amide bonds. The number of imidazole rings is 1. The van der Waals surface area contributed by atoms with Crippen LogP contribution in [-0.4, -0.2) is 26.6 Å². The van der Waals surface area contributed by atoms with E-state index < -0.39 is 0 Å². The summed E-state index contributed by atoms with van der Waals surface area (Å²) in [6, 6.07) is 0. The first-order chi connectivity index (χ1) is 9.20. The summed E-state index contributed by atoms with van der Waals surface area (Å²) >= 11 is 7.06. The van der Waals surface area contributed by atoms with E-state index in [1.54, 1.807) is 18.4 Å². The van der Waals surface area contributed by atoms with Gasteiger partial charge in [-0.3, -0.25) is 4.57 Å². The molecule has 19 heavy (non-hydrogen) atoms. The minimum Gasteiger partial charge on any atom is -0.479 e. The zero-order chi connectivity index (χ0) is 13.4. The van der Waals surface area contributed by atoms with Gasteiger partial charge in [0.05, 0.1) is 13.7 Å². The van der Waals surface area contributed by atoms with Crippen molar-refractivity contribution < 1.29 is 4.74 Å². The van der Waals surface area contributed by atoms with E-state index in [0.717, 1.165) is 11.2 Å². The first kappa shape index (κ1) is 12.3. The van der Waals surface area contributed by atoms with Crippen LogP contribution in [0.15, 0.2) is 17.1 Å². The fourth-order valence-corrected chi connectivity index (χ4v) is 3.07. The molecule has 0 saturated heterocycles. The summed E-state index contributed by atoms with van der Waals surface area (Å²) in [6.45, 7) is 2.80. The second kappa shape index (κ2) is 4.75. The van der Waals surface area contributed by atoms with Gasteiger partial charge in [0.25, 0.3) is 0 Å². The van der Waals surface area contributed by atoms with Gasteiger partial charge in [-0.25, -0.2) is 4.98 Å². The van der Waals surface area contributed by atoms with Crippen molar-refractivity contribution in [1.82, 2.24) is 19.5 Å². The number of H-pyrrole nitrogens is 1. The van der Waals surface area contributed by atoms with Crippen LogP contribution in [0.2, 0.25) is 0 Å². The maximum atomic E-state index is 5.36. The summed E-state index contributed by atoms with van der Waals surface area (Å²) in [5.74, 6) is 0.511. The molecule has 0 aliphatic carbocycles. The van der Waals surface area contributed by atoms with Crippen LogP contribution in [0.25, 0.3) is 11.2 Å². The average Bonchev–Trinajstić information content (AvgIpc) is 2.95. The van der Waals surface area contributed by atoms with E-state index in [1.165, 1.54) is 17.5 Å². The third-order valence-electron chi connectivity index (χ3n) is 3.01. The van der Waals surface area contributed by atoms with Gasteiger partial charge in [0.2, 0.25) is 5.88 Å². The van der Waals surface area contributed by atoms with Gasteiger partial charge in [0.15, 0.2) is 10.4 Å². The highest BCUT2D eigenvalue weighted by atomic mass is 32.1. The number of hydrogen-bond donors (Lipinski definition) is 1. The quantitative estimate of drug-likeness (QED) is 0.754. The molecule has 98 valence electrons. The van der Waals surface area contributed by atoms with E-state index in [9.17, 15) is 0 Å². The van der Waals surface area contributed by atoms with Gasteiger partial charge in [-0.1, -0.05) is 0 Å². The number of nitrogens with zero attached hydrogens (tertiary/aromatic N) is 3. The fraction of sp³-hybridized carbons (Fsp3) is 0.250. The fourth-order valence-electron chi connectivity index (χ4n) is 1.97. The highest BCUT2D eigenvalue weighted by Crippen LogP contribution is 2.22. The molecule has 5 nitrogen and oxygen atoms in total. The Balaban J connectivity index is 2.16. The maximum Gasteiger partial charge on any atom is 0.242 e. The zero-order valence-corrected chi connectivity index (χ0v) is 12.1. The van der Waals surface area contributed by atoms with Crippen LogP contribution < -0.4 is 4.74 Å². The molecule has 0 unspecified atom stereocenters. The number of thiophene rings is 1. The normalized spacial score (nSPS) is 11.1. The van der Waals surface area contributed by atoms with Crippen LogP contribution in [0.5, 0.6) is 5.88 Å². The van der Waals surface area contributed by atoms with Gasteiger partial charge in [-0.05, 0) is 41.0 Å². The van der Waals surface area contributed by atoms with Gasteiger partial charge in [-0.2, -0.15) is 16.3 Å². The molecule has 0 fully saturated rings. The average molecular weight is 292 g/mol. The molecule has 1 N–H and O–H groups in total. The Morgan fingerprint density at radius 2 is 2.26 bits per heavy atom. The number of rotatable bonds is 3.